The van der Waals surface area contributed by atoms with Gasteiger partial charge in [0.15, 0.2) is 6.10 Å². The van der Waals surface area contributed by atoms with E-state index in [-0.39, 0.29) is 12.5 Å². The topological polar surface area (TPSA) is 118 Å². The summed E-state index contributed by atoms with van der Waals surface area (Å²) in [6, 6.07) is 2.81. The molecule has 1 saturated carbocycles. The fourth-order valence-corrected chi connectivity index (χ4v) is 3.79. The van der Waals surface area contributed by atoms with E-state index in [1.807, 2.05) is 6.92 Å². The number of hydrogen-bond acceptors (Lipinski definition) is 6. The van der Waals surface area contributed by atoms with Gasteiger partial charge in [0.2, 0.25) is 0 Å². The van der Waals surface area contributed by atoms with Gasteiger partial charge in [0.25, 0.3) is 11.8 Å². The van der Waals surface area contributed by atoms with Crippen LogP contribution in [0.15, 0.2) is 22.8 Å². The molecule has 3 rings (SSSR count). The maximum Gasteiger partial charge on any atom is 0.327 e. The zero-order valence-electron chi connectivity index (χ0n) is 16.0. The number of carbonyl (C=O) groups excluding carboxylic acids is 4. The van der Waals surface area contributed by atoms with E-state index in [0.717, 1.165) is 24.2 Å². The Morgan fingerprint density at radius 3 is 2.89 bits per heavy atom. The highest BCUT2D eigenvalue weighted by Gasteiger charge is 2.55. The number of hydrogen-bond donors (Lipinski definition) is 2. The molecule has 2 aliphatic rings. The van der Waals surface area contributed by atoms with Crippen molar-refractivity contribution in [3.63, 3.8) is 0 Å². The number of urea groups is 1. The minimum atomic E-state index is -1.06. The number of carbonyl (C=O) groups is 4. The van der Waals surface area contributed by atoms with Crippen molar-refractivity contribution in [2.45, 2.75) is 57.7 Å². The summed E-state index contributed by atoms with van der Waals surface area (Å²) >= 11 is 0. The van der Waals surface area contributed by atoms with Crippen LogP contribution in [0.1, 0.15) is 45.3 Å². The van der Waals surface area contributed by atoms with Crippen LogP contribution in [-0.2, 0) is 25.7 Å². The predicted molar refractivity (Wildman–Crippen MR) is 96.7 cm³/mol. The van der Waals surface area contributed by atoms with Crippen LogP contribution in [0.25, 0.3) is 0 Å². The van der Waals surface area contributed by atoms with E-state index in [9.17, 15) is 19.2 Å². The highest BCUT2D eigenvalue weighted by Crippen LogP contribution is 2.38. The Hall–Kier alpha value is -2.84. The lowest BCUT2D eigenvalue weighted by molar-refractivity contribution is -0.157. The maximum atomic E-state index is 12.8. The van der Waals surface area contributed by atoms with Crippen LogP contribution in [0.5, 0.6) is 0 Å². The second kappa shape index (κ2) is 8.04. The molecule has 4 amide bonds. The molecule has 0 radical (unpaired) electrons. The average molecular weight is 391 g/mol. The molecule has 1 aromatic rings. The largest absolute Gasteiger partial charge is 0.467 e. The Morgan fingerprint density at radius 2 is 2.21 bits per heavy atom. The Balaban J connectivity index is 1.53. The molecule has 1 aromatic heterocycles. The molecule has 152 valence electrons. The van der Waals surface area contributed by atoms with Crippen LogP contribution in [0, 0.1) is 5.92 Å². The molecule has 2 fully saturated rings. The van der Waals surface area contributed by atoms with Gasteiger partial charge in [0.1, 0.15) is 17.8 Å². The Labute approximate surface area is 162 Å². The number of nitrogens with zero attached hydrogens (tertiary/aromatic N) is 1. The van der Waals surface area contributed by atoms with E-state index in [4.69, 9.17) is 9.15 Å². The molecule has 0 aromatic carbocycles. The van der Waals surface area contributed by atoms with E-state index in [1.165, 1.54) is 13.2 Å². The molecule has 2 heterocycles. The molecule has 3 atom stereocenters. The van der Waals surface area contributed by atoms with Gasteiger partial charge in [0, 0.05) is 0 Å². The van der Waals surface area contributed by atoms with E-state index in [1.54, 1.807) is 12.1 Å². The normalized spacial score (nSPS) is 25.5. The van der Waals surface area contributed by atoms with Crippen LogP contribution in [0.2, 0.25) is 0 Å². The van der Waals surface area contributed by atoms with Gasteiger partial charge in [-0.2, -0.15) is 0 Å². The van der Waals surface area contributed by atoms with Crippen molar-refractivity contribution in [1.29, 1.82) is 0 Å². The predicted octanol–water partition coefficient (Wildman–Crippen LogP) is 1.33. The Morgan fingerprint density at radius 1 is 1.43 bits per heavy atom. The number of amides is 4. The van der Waals surface area contributed by atoms with Gasteiger partial charge in [-0.05, 0) is 37.8 Å². The van der Waals surface area contributed by atoms with Crippen LogP contribution in [0.4, 0.5) is 4.79 Å². The highest BCUT2D eigenvalue weighted by atomic mass is 16.5. The molecule has 28 heavy (non-hydrogen) atoms. The molecular weight excluding hydrogens is 366 g/mol. The lowest BCUT2D eigenvalue weighted by Crippen LogP contribution is -2.54. The van der Waals surface area contributed by atoms with E-state index in [2.05, 4.69) is 10.6 Å². The van der Waals surface area contributed by atoms with Crippen molar-refractivity contribution in [3.8, 4) is 0 Å². The first-order valence-electron chi connectivity index (χ1n) is 9.47. The Kier molecular flexibility index (Phi) is 5.71. The van der Waals surface area contributed by atoms with Crippen molar-refractivity contribution in [2.24, 2.45) is 5.92 Å². The second-order valence-corrected chi connectivity index (χ2v) is 7.37. The number of ether oxygens (including phenoxy) is 1. The van der Waals surface area contributed by atoms with Crippen molar-refractivity contribution < 1.29 is 28.3 Å². The van der Waals surface area contributed by atoms with Gasteiger partial charge >= 0.3 is 12.0 Å². The van der Waals surface area contributed by atoms with Crippen molar-refractivity contribution >= 4 is 23.8 Å². The number of rotatable bonds is 6. The number of nitrogens with one attached hydrogen (secondary N) is 2. The molecular formula is C19H25N3O6. The summed E-state index contributed by atoms with van der Waals surface area (Å²) in [4.78, 5) is 50.2. The molecule has 9 nitrogen and oxygen atoms in total. The van der Waals surface area contributed by atoms with E-state index < -0.39 is 42.0 Å². The van der Waals surface area contributed by atoms with Gasteiger partial charge in [-0.15, -0.1) is 0 Å². The quantitative estimate of drug-likeness (QED) is 0.558. The Bertz CT molecular complexity index is 762. The number of imide groups is 1. The van der Waals surface area contributed by atoms with E-state index >= 15 is 0 Å². The fourth-order valence-electron chi connectivity index (χ4n) is 3.79. The van der Waals surface area contributed by atoms with Crippen LogP contribution in [0.3, 0.4) is 0 Å². The molecule has 9 heteroatoms. The van der Waals surface area contributed by atoms with E-state index in [0.29, 0.717) is 12.2 Å². The molecule has 1 aliphatic carbocycles. The first kappa shape index (κ1) is 19.9. The third-order valence-electron chi connectivity index (χ3n) is 5.48. The van der Waals surface area contributed by atoms with Crippen LogP contribution < -0.4 is 10.6 Å². The van der Waals surface area contributed by atoms with Gasteiger partial charge < -0.3 is 19.8 Å². The number of furan rings is 1. The van der Waals surface area contributed by atoms with Crippen LogP contribution >= 0.6 is 0 Å². The minimum absolute atomic E-state index is 0.00465. The molecule has 1 saturated heterocycles. The summed E-state index contributed by atoms with van der Waals surface area (Å²) < 4.78 is 10.2. The summed E-state index contributed by atoms with van der Waals surface area (Å²) in [6.45, 7) is 3.01. The lowest BCUT2D eigenvalue weighted by atomic mass is 9.73. The van der Waals surface area contributed by atoms with Crippen LogP contribution in [-0.4, -0.2) is 46.9 Å². The fraction of sp³-hybridized carbons (Fsp3) is 0.579. The zero-order valence-corrected chi connectivity index (χ0v) is 16.0. The van der Waals surface area contributed by atoms with Crippen molar-refractivity contribution in [1.82, 2.24) is 15.5 Å². The first-order chi connectivity index (χ1) is 13.3. The monoisotopic (exact) mass is 391 g/mol. The number of esters is 1. The second-order valence-electron chi connectivity index (χ2n) is 7.37. The molecule has 1 spiro atoms. The minimum Gasteiger partial charge on any atom is -0.467 e. The summed E-state index contributed by atoms with van der Waals surface area (Å²) in [6.07, 6.45) is 3.70. The van der Waals surface area contributed by atoms with Gasteiger partial charge in [-0.25, -0.2) is 4.79 Å². The molecule has 1 aliphatic heterocycles. The first-order valence-corrected chi connectivity index (χ1v) is 9.47. The van der Waals surface area contributed by atoms with Crippen molar-refractivity contribution in [3.05, 3.63) is 24.2 Å². The standard InChI is InChI=1S/C19H25N3O6/c1-12-6-3-4-8-19(12)17(25)22(18(26)21-19)11-15(23)28-13(2)16(24)20-10-14-7-5-9-27-14/h5,7,9,12-13H,3-4,6,8,10-11H2,1-2H3,(H,20,24)(H,21,26)/t12-,13-,19+/m0/s1. The molecule has 0 bridgehead atoms. The smallest absolute Gasteiger partial charge is 0.327 e. The van der Waals surface area contributed by atoms with Crippen molar-refractivity contribution in [2.75, 3.05) is 6.54 Å². The maximum absolute atomic E-state index is 12.8. The SMILES string of the molecule is C[C@H](OC(=O)CN1C(=O)N[C@@]2(CCCC[C@@H]2C)C1=O)C(=O)NCc1ccco1. The summed E-state index contributed by atoms with van der Waals surface area (Å²) in [5.74, 6) is -1.14. The lowest BCUT2D eigenvalue weighted by Gasteiger charge is -2.36. The van der Waals surface area contributed by atoms with Gasteiger partial charge in [0.05, 0.1) is 12.8 Å². The summed E-state index contributed by atoms with van der Waals surface area (Å²) in [7, 11) is 0. The average Bonchev–Trinajstić information content (AvgIpc) is 3.25. The van der Waals surface area contributed by atoms with Gasteiger partial charge in [-0.3, -0.25) is 19.3 Å². The summed E-state index contributed by atoms with van der Waals surface area (Å²) in [5.41, 5.74) is -0.929. The zero-order chi connectivity index (χ0) is 20.3. The molecule has 0 unspecified atom stereocenters. The third-order valence-corrected chi connectivity index (χ3v) is 5.48. The third kappa shape index (κ3) is 3.88. The van der Waals surface area contributed by atoms with Gasteiger partial charge in [-0.1, -0.05) is 19.8 Å². The highest BCUT2D eigenvalue weighted by molar-refractivity contribution is 6.09. The molecule has 2 N–H and O–H groups in total. The summed E-state index contributed by atoms with van der Waals surface area (Å²) in [5, 5.41) is 5.36.